The Labute approximate surface area is 130 Å². The van der Waals surface area contributed by atoms with E-state index in [1.807, 2.05) is 6.08 Å². The van der Waals surface area contributed by atoms with Crippen LogP contribution in [0.25, 0.3) is 0 Å². The molecule has 1 rings (SSSR count). The normalized spacial score (nSPS) is 20.7. The molecule has 0 aromatic carbocycles. The number of halogens is 1. The lowest BCUT2D eigenvalue weighted by molar-refractivity contribution is -0.136. The minimum atomic E-state index is -1.76. The minimum absolute atomic E-state index is 0.0899. The van der Waals surface area contributed by atoms with E-state index >= 15 is 0 Å². The predicted octanol–water partition coefficient (Wildman–Crippen LogP) is 4.55. The molecule has 0 saturated heterocycles. The second-order valence-electron chi connectivity index (χ2n) is 6.33. The lowest BCUT2D eigenvalue weighted by Crippen LogP contribution is -2.43. The van der Waals surface area contributed by atoms with Crippen molar-refractivity contribution in [1.82, 2.24) is 0 Å². The third kappa shape index (κ3) is 4.72. The first-order chi connectivity index (χ1) is 8.53. The van der Waals surface area contributed by atoms with E-state index in [0.29, 0.717) is 5.76 Å². The predicted molar refractivity (Wildman–Crippen MR) is 88.6 cm³/mol. The standard InChI is InChI=1S/C14H23IO3Si/c1-10(16)17-13-8-7-11(9-12(13)15)18-19(5,6)14(2,3)4/h8-9,11H,7H2,1-6H3/t11-/m1/s1. The summed E-state index contributed by atoms with van der Waals surface area (Å²) in [5.41, 5.74) is 0. The van der Waals surface area contributed by atoms with Gasteiger partial charge in [-0.15, -0.1) is 0 Å². The Balaban J connectivity index is 2.73. The zero-order valence-corrected chi connectivity index (χ0v) is 15.7. The summed E-state index contributed by atoms with van der Waals surface area (Å²) in [5, 5.41) is 0.201. The average Bonchev–Trinajstić information content (AvgIpc) is 2.19. The largest absolute Gasteiger partial charge is 0.426 e. The average molecular weight is 394 g/mol. The van der Waals surface area contributed by atoms with Crippen LogP contribution >= 0.6 is 22.6 Å². The molecule has 108 valence electrons. The van der Waals surface area contributed by atoms with E-state index in [4.69, 9.17) is 9.16 Å². The van der Waals surface area contributed by atoms with E-state index in [0.717, 1.165) is 10.0 Å². The molecular weight excluding hydrogens is 371 g/mol. The first kappa shape index (κ1) is 16.9. The Morgan fingerprint density at radius 2 is 2.00 bits per heavy atom. The van der Waals surface area contributed by atoms with Crippen LogP contribution in [0.1, 0.15) is 34.1 Å². The van der Waals surface area contributed by atoms with Gasteiger partial charge in [0.15, 0.2) is 8.32 Å². The van der Waals surface area contributed by atoms with Crippen molar-refractivity contribution < 1.29 is 14.0 Å². The van der Waals surface area contributed by atoms with Crippen LogP contribution in [0.2, 0.25) is 18.1 Å². The molecule has 0 amide bonds. The molecule has 0 unspecified atom stereocenters. The molecule has 1 aliphatic carbocycles. The van der Waals surface area contributed by atoms with Crippen LogP contribution in [-0.4, -0.2) is 20.4 Å². The fourth-order valence-electron chi connectivity index (χ4n) is 1.52. The number of hydrogen-bond donors (Lipinski definition) is 0. The summed E-state index contributed by atoms with van der Waals surface area (Å²) in [7, 11) is -1.76. The van der Waals surface area contributed by atoms with Gasteiger partial charge in [-0.2, -0.15) is 0 Å². The number of ether oxygens (including phenoxy) is 1. The first-order valence-corrected chi connectivity index (χ1v) is 10.5. The van der Waals surface area contributed by atoms with Gasteiger partial charge in [-0.1, -0.05) is 20.8 Å². The first-order valence-electron chi connectivity index (χ1n) is 6.47. The quantitative estimate of drug-likeness (QED) is 0.400. The van der Waals surface area contributed by atoms with Gasteiger partial charge < -0.3 is 9.16 Å². The number of carbonyl (C=O) groups excluding carboxylic acids is 1. The van der Waals surface area contributed by atoms with E-state index in [2.05, 4.69) is 62.5 Å². The molecule has 5 heteroatoms. The smallest absolute Gasteiger partial charge is 0.308 e. The van der Waals surface area contributed by atoms with Crippen LogP contribution < -0.4 is 0 Å². The maximum absolute atomic E-state index is 11.0. The fourth-order valence-corrected chi connectivity index (χ4v) is 3.52. The van der Waals surface area contributed by atoms with Gasteiger partial charge in [0.05, 0.1) is 9.68 Å². The molecule has 0 N–H and O–H groups in total. The molecule has 3 nitrogen and oxygen atoms in total. The number of esters is 1. The van der Waals surface area contributed by atoms with Crippen molar-refractivity contribution >= 4 is 36.9 Å². The summed E-state index contributed by atoms with van der Waals surface area (Å²) < 4.78 is 12.4. The van der Waals surface area contributed by atoms with Gasteiger partial charge in [-0.05, 0) is 59.3 Å². The second-order valence-corrected chi connectivity index (χ2v) is 12.2. The summed E-state index contributed by atoms with van der Waals surface area (Å²) in [6, 6.07) is 0. The van der Waals surface area contributed by atoms with E-state index in [1.54, 1.807) is 0 Å². The maximum Gasteiger partial charge on any atom is 0.308 e. The summed E-state index contributed by atoms with van der Waals surface area (Å²) in [4.78, 5) is 11.0. The Morgan fingerprint density at radius 3 is 2.42 bits per heavy atom. The highest BCUT2D eigenvalue weighted by Gasteiger charge is 2.39. The third-order valence-corrected chi connectivity index (χ3v) is 9.00. The Kier molecular flexibility index (Phi) is 5.42. The van der Waals surface area contributed by atoms with Gasteiger partial charge in [0.25, 0.3) is 0 Å². The molecule has 19 heavy (non-hydrogen) atoms. The van der Waals surface area contributed by atoms with Crippen molar-refractivity contribution in [3.8, 4) is 0 Å². The van der Waals surface area contributed by atoms with Crippen LogP contribution in [0.15, 0.2) is 21.5 Å². The Bertz CT molecular complexity index is 419. The van der Waals surface area contributed by atoms with Gasteiger partial charge in [0.2, 0.25) is 0 Å². The summed E-state index contributed by atoms with van der Waals surface area (Å²) in [6.07, 6.45) is 4.86. The molecule has 0 radical (unpaired) electrons. The van der Waals surface area contributed by atoms with Crippen molar-refractivity contribution in [2.45, 2.75) is 58.4 Å². The SMILES string of the molecule is CC(=O)OC1=CC[C@@H](O[Si](C)(C)C(C)(C)C)C=C1I. The molecule has 0 aliphatic heterocycles. The summed E-state index contributed by atoms with van der Waals surface area (Å²) in [6.45, 7) is 12.6. The molecule has 1 aliphatic rings. The van der Waals surface area contributed by atoms with Crippen LogP contribution in [0.5, 0.6) is 0 Å². The van der Waals surface area contributed by atoms with Crippen molar-refractivity contribution in [3.63, 3.8) is 0 Å². The third-order valence-electron chi connectivity index (χ3n) is 3.61. The monoisotopic (exact) mass is 394 g/mol. The van der Waals surface area contributed by atoms with Crippen LogP contribution in [0, 0.1) is 0 Å². The number of carbonyl (C=O) groups is 1. The highest BCUT2D eigenvalue weighted by Crippen LogP contribution is 2.39. The zero-order valence-electron chi connectivity index (χ0n) is 12.5. The second kappa shape index (κ2) is 6.09. The number of rotatable bonds is 3. The Hall–Kier alpha value is -0.143. The molecule has 0 aromatic rings. The van der Waals surface area contributed by atoms with Gasteiger partial charge in [-0.3, -0.25) is 4.79 Å². The molecule has 0 aromatic heterocycles. The molecule has 0 bridgehead atoms. The van der Waals surface area contributed by atoms with Crippen molar-refractivity contribution in [3.05, 3.63) is 21.5 Å². The molecule has 0 saturated carbocycles. The fraction of sp³-hybridized carbons (Fsp3) is 0.643. The minimum Gasteiger partial charge on any atom is -0.426 e. The molecule has 1 atom stereocenters. The lowest BCUT2D eigenvalue weighted by Gasteiger charge is -2.39. The Morgan fingerprint density at radius 1 is 1.42 bits per heavy atom. The van der Waals surface area contributed by atoms with E-state index in [9.17, 15) is 4.79 Å². The molecule has 0 heterocycles. The van der Waals surface area contributed by atoms with E-state index in [-0.39, 0.29) is 17.1 Å². The van der Waals surface area contributed by atoms with E-state index < -0.39 is 8.32 Å². The van der Waals surface area contributed by atoms with Crippen molar-refractivity contribution in [2.75, 3.05) is 0 Å². The molecular formula is C14H23IO3Si. The number of hydrogen-bond acceptors (Lipinski definition) is 3. The summed E-state index contributed by atoms with van der Waals surface area (Å²) in [5.74, 6) is 0.376. The summed E-state index contributed by atoms with van der Waals surface area (Å²) >= 11 is 2.19. The van der Waals surface area contributed by atoms with Crippen LogP contribution in [-0.2, 0) is 14.0 Å². The van der Waals surface area contributed by atoms with Gasteiger partial charge in [-0.25, -0.2) is 0 Å². The van der Waals surface area contributed by atoms with Crippen LogP contribution in [0.3, 0.4) is 0 Å². The van der Waals surface area contributed by atoms with Crippen molar-refractivity contribution in [1.29, 1.82) is 0 Å². The number of allylic oxidation sites excluding steroid dienone is 1. The zero-order chi connectivity index (χ0) is 14.8. The van der Waals surface area contributed by atoms with Crippen LogP contribution in [0.4, 0.5) is 0 Å². The molecule has 0 spiro atoms. The van der Waals surface area contributed by atoms with Gasteiger partial charge >= 0.3 is 5.97 Å². The van der Waals surface area contributed by atoms with Gasteiger partial charge in [0, 0.05) is 6.92 Å². The van der Waals surface area contributed by atoms with Crippen molar-refractivity contribution in [2.24, 2.45) is 0 Å². The lowest BCUT2D eigenvalue weighted by atomic mass is 10.1. The maximum atomic E-state index is 11.0. The highest BCUT2D eigenvalue weighted by molar-refractivity contribution is 14.1. The topological polar surface area (TPSA) is 35.5 Å². The van der Waals surface area contributed by atoms with Gasteiger partial charge in [0.1, 0.15) is 5.76 Å². The molecule has 0 fully saturated rings. The van der Waals surface area contributed by atoms with E-state index in [1.165, 1.54) is 6.92 Å². The highest BCUT2D eigenvalue weighted by atomic mass is 127.